The summed E-state index contributed by atoms with van der Waals surface area (Å²) in [6.07, 6.45) is 2.21. The topological polar surface area (TPSA) is 52.6 Å². The van der Waals surface area contributed by atoms with Crippen LogP contribution in [0.5, 0.6) is 0 Å². The Kier molecular flexibility index (Phi) is 8.26. The van der Waals surface area contributed by atoms with Crippen molar-refractivity contribution in [1.29, 1.82) is 0 Å². The second kappa shape index (κ2) is 8.54. The number of rotatable bonds is 10. The summed E-state index contributed by atoms with van der Waals surface area (Å²) in [5.41, 5.74) is -0.771. The van der Waals surface area contributed by atoms with E-state index in [9.17, 15) is 9.90 Å². The van der Waals surface area contributed by atoms with Crippen molar-refractivity contribution in [2.75, 3.05) is 20.1 Å². The SMILES string of the molecule is CCC(CCCN(C)CC(C)C)(NC(C)C)C(=O)O. The van der Waals surface area contributed by atoms with Gasteiger partial charge in [0, 0.05) is 12.6 Å². The highest BCUT2D eigenvalue weighted by molar-refractivity contribution is 5.78. The molecule has 0 spiro atoms. The zero-order valence-corrected chi connectivity index (χ0v) is 13.5. The Labute approximate surface area is 118 Å². The molecule has 0 aliphatic rings. The van der Waals surface area contributed by atoms with Crippen LogP contribution in [-0.4, -0.2) is 47.7 Å². The van der Waals surface area contributed by atoms with Gasteiger partial charge in [0.05, 0.1) is 0 Å². The van der Waals surface area contributed by atoms with Gasteiger partial charge in [0.1, 0.15) is 5.54 Å². The van der Waals surface area contributed by atoms with Crippen LogP contribution in [0.2, 0.25) is 0 Å². The standard InChI is InChI=1S/C15H32N2O2/c1-7-15(14(18)19,16-13(4)5)9-8-10-17(6)11-12(2)3/h12-13,16H,7-11H2,1-6H3,(H,18,19). The highest BCUT2D eigenvalue weighted by Crippen LogP contribution is 2.19. The van der Waals surface area contributed by atoms with Gasteiger partial charge in [0.25, 0.3) is 0 Å². The van der Waals surface area contributed by atoms with Gasteiger partial charge in [-0.25, -0.2) is 0 Å². The zero-order chi connectivity index (χ0) is 15.1. The molecule has 0 fully saturated rings. The average molecular weight is 272 g/mol. The van der Waals surface area contributed by atoms with Crippen molar-refractivity contribution in [1.82, 2.24) is 10.2 Å². The summed E-state index contributed by atoms with van der Waals surface area (Å²) < 4.78 is 0. The first-order valence-electron chi connectivity index (χ1n) is 7.43. The molecule has 114 valence electrons. The number of hydrogen-bond acceptors (Lipinski definition) is 3. The fourth-order valence-electron chi connectivity index (χ4n) is 2.59. The highest BCUT2D eigenvalue weighted by Gasteiger charge is 2.36. The third kappa shape index (κ3) is 6.92. The van der Waals surface area contributed by atoms with Gasteiger partial charge in [-0.2, -0.15) is 0 Å². The molecule has 0 rings (SSSR count). The molecule has 0 aliphatic heterocycles. The summed E-state index contributed by atoms with van der Waals surface area (Å²) in [6.45, 7) is 12.4. The van der Waals surface area contributed by atoms with Gasteiger partial charge in [0.2, 0.25) is 0 Å². The Morgan fingerprint density at radius 1 is 1.32 bits per heavy atom. The lowest BCUT2D eigenvalue weighted by atomic mass is 9.89. The van der Waals surface area contributed by atoms with Crippen molar-refractivity contribution < 1.29 is 9.90 Å². The number of carbonyl (C=O) groups is 1. The first-order chi connectivity index (χ1) is 8.73. The second-order valence-corrected chi connectivity index (χ2v) is 6.30. The van der Waals surface area contributed by atoms with E-state index in [0.29, 0.717) is 18.8 Å². The van der Waals surface area contributed by atoms with Gasteiger partial charge in [0.15, 0.2) is 0 Å². The van der Waals surface area contributed by atoms with Crippen LogP contribution in [-0.2, 0) is 4.79 Å². The van der Waals surface area contributed by atoms with Gasteiger partial charge < -0.3 is 10.0 Å². The Hall–Kier alpha value is -0.610. The van der Waals surface area contributed by atoms with E-state index in [-0.39, 0.29) is 6.04 Å². The monoisotopic (exact) mass is 272 g/mol. The fraction of sp³-hybridized carbons (Fsp3) is 0.933. The van der Waals surface area contributed by atoms with Crippen molar-refractivity contribution in [3.8, 4) is 0 Å². The van der Waals surface area contributed by atoms with Gasteiger partial charge in [-0.1, -0.05) is 20.8 Å². The number of carboxylic acid groups (broad SMARTS) is 1. The van der Waals surface area contributed by atoms with Crippen LogP contribution in [0.3, 0.4) is 0 Å². The Morgan fingerprint density at radius 3 is 2.26 bits per heavy atom. The molecule has 0 saturated carbocycles. The molecule has 0 aromatic rings. The van der Waals surface area contributed by atoms with Crippen LogP contribution >= 0.6 is 0 Å². The second-order valence-electron chi connectivity index (χ2n) is 6.30. The van der Waals surface area contributed by atoms with Crippen LogP contribution in [0.15, 0.2) is 0 Å². The van der Waals surface area contributed by atoms with Crippen LogP contribution in [0, 0.1) is 5.92 Å². The maximum atomic E-state index is 11.6. The van der Waals surface area contributed by atoms with Gasteiger partial charge in [-0.05, 0) is 52.6 Å². The molecule has 1 unspecified atom stereocenters. The van der Waals surface area contributed by atoms with Crippen LogP contribution in [0.4, 0.5) is 0 Å². The number of hydrogen-bond donors (Lipinski definition) is 2. The first kappa shape index (κ1) is 18.4. The largest absolute Gasteiger partial charge is 0.480 e. The molecule has 1 atom stereocenters. The van der Waals surface area contributed by atoms with E-state index >= 15 is 0 Å². The summed E-state index contributed by atoms with van der Waals surface area (Å²) in [5, 5.41) is 12.7. The van der Waals surface area contributed by atoms with Gasteiger partial charge in [-0.3, -0.25) is 10.1 Å². The molecule has 4 heteroatoms. The fourth-order valence-corrected chi connectivity index (χ4v) is 2.59. The minimum absolute atomic E-state index is 0.185. The van der Waals surface area contributed by atoms with E-state index in [0.717, 1.165) is 19.5 Å². The molecule has 2 N–H and O–H groups in total. The molecule has 0 saturated heterocycles. The van der Waals surface area contributed by atoms with Crippen LogP contribution < -0.4 is 5.32 Å². The molecule has 0 aromatic carbocycles. The summed E-state index contributed by atoms with van der Waals surface area (Å²) >= 11 is 0. The third-order valence-electron chi connectivity index (χ3n) is 3.40. The highest BCUT2D eigenvalue weighted by atomic mass is 16.4. The molecule has 0 aliphatic carbocycles. The Bertz CT molecular complexity index is 267. The summed E-state index contributed by atoms with van der Waals surface area (Å²) in [4.78, 5) is 13.8. The average Bonchev–Trinajstić information content (AvgIpc) is 2.25. The zero-order valence-electron chi connectivity index (χ0n) is 13.5. The molecule has 0 aromatic heterocycles. The van der Waals surface area contributed by atoms with E-state index in [4.69, 9.17) is 0 Å². The van der Waals surface area contributed by atoms with E-state index in [1.165, 1.54) is 0 Å². The molecular weight excluding hydrogens is 240 g/mol. The first-order valence-corrected chi connectivity index (χ1v) is 7.43. The van der Waals surface area contributed by atoms with Crippen molar-refractivity contribution in [3.05, 3.63) is 0 Å². The molecular formula is C15H32N2O2. The summed E-state index contributed by atoms with van der Waals surface area (Å²) in [6, 6.07) is 0.185. The molecule has 0 radical (unpaired) electrons. The number of nitrogens with zero attached hydrogens (tertiary/aromatic N) is 1. The number of carboxylic acids is 1. The van der Waals surface area contributed by atoms with E-state index in [1.807, 2.05) is 20.8 Å². The molecule has 0 amide bonds. The van der Waals surface area contributed by atoms with E-state index < -0.39 is 11.5 Å². The van der Waals surface area contributed by atoms with Gasteiger partial charge in [-0.15, -0.1) is 0 Å². The van der Waals surface area contributed by atoms with Crippen molar-refractivity contribution in [3.63, 3.8) is 0 Å². The molecule has 0 bridgehead atoms. The maximum Gasteiger partial charge on any atom is 0.323 e. The third-order valence-corrected chi connectivity index (χ3v) is 3.40. The van der Waals surface area contributed by atoms with Gasteiger partial charge >= 0.3 is 5.97 Å². The quantitative estimate of drug-likeness (QED) is 0.642. The Morgan fingerprint density at radius 2 is 1.89 bits per heavy atom. The lowest BCUT2D eigenvalue weighted by Gasteiger charge is -2.32. The number of aliphatic carboxylic acids is 1. The molecule has 0 heterocycles. The Balaban J connectivity index is 4.38. The molecule has 19 heavy (non-hydrogen) atoms. The van der Waals surface area contributed by atoms with Crippen LogP contribution in [0.25, 0.3) is 0 Å². The number of nitrogens with one attached hydrogen (secondary N) is 1. The van der Waals surface area contributed by atoms with Crippen molar-refractivity contribution >= 4 is 5.97 Å². The smallest absolute Gasteiger partial charge is 0.323 e. The van der Waals surface area contributed by atoms with Crippen LogP contribution in [0.1, 0.15) is 53.9 Å². The van der Waals surface area contributed by atoms with Crippen molar-refractivity contribution in [2.24, 2.45) is 5.92 Å². The minimum Gasteiger partial charge on any atom is -0.480 e. The predicted octanol–water partition coefficient (Wildman–Crippen LogP) is 2.59. The van der Waals surface area contributed by atoms with E-state index in [1.54, 1.807) is 0 Å². The normalized spacial score (nSPS) is 15.2. The van der Waals surface area contributed by atoms with Crippen molar-refractivity contribution in [2.45, 2.75) is 65.5 Å². The van der Waals surface area contributed by atoms with E-state index in [2.05, 4.69) is 31.1 Å². The predicted molar refractivity (Wildman–Crippen MR) is 80.5 cm³/mol. The summed E-state index contributed by atoms with van der Waals surface area (Å²) in [5.74, 6) is -0.0793. The minimum atomic E-state index is -0.771. The lowest BCUT2D eigenvalue weighted by molar-refractivity contribution is -0.145. The summed E-state index contributed by atoms with van der Waals surface area (Å²) in [7, 11) is 2.10. The lowest BCUT2D eigenvalue weighted by Crippen LogP contribution is -2.54. The maximum absolute atomic E-state index is 11.6. The molecule has 4 nitrogen and oxygen atoms in total.